The Bertz CT molecular complexity index is 3130. The first-order chi connectivity index (χ1) is 26.5. The number of hydrazone groups is 1. The Morgan fingerprint density at radius 1 is 0.554 bits per heavy atom. The maximum atomic E-state index is 13.4. The highest BCUT2D eigenvalue weighted by molar-refractivity contribution is 7.91. The van der Waals surface area contributed by atoms with E-state index in [1.54, 1.807) is 36.4 Å². The van der Waals surface area contributed by atoms with Crippen LogP contribution >= 0.6 is 0 Å². The van der Waals surface area contributed by atoms with Gasteiger partial charge in [-0.1, -0.05) is 36.4 Å². The molecule has 0 amide bonds. The van der Waals surface area contributed by atoms with Crippen LogP contribution < -0.4 is 11.2 Å². The maximum absolute atomic E-state index is 13.4. The predicted molar refractivity (Wildman–Crippen MR) is 208 cm³/mol. The van der Waals surface area contributed by atoms with Crippen LogP contribution in [0.15, 0.2) is 149 Å². The predicted octanol–water partition coefficient (Wildman–Crippen LogP) is 7.79. The van der Waals surface area contributed by atoms with Crippen LogP contribution in [0.5, 0.6) is 0 Å². The van der Waals surface area contributed by atoms with Gasteiger partial charge >= 0.3 is 0 Å². The van der Waals surface area contributed by atoms with E-state index in [4.69, 9.17) is 5.73 Å². The average molecular weight is 812 g/mol. The summed E-state index contributed by atoms with van der Waals surface area (Å²) in [5.74, 6) is -0.845. The van der Waals surface area contributed by atoms with Gasteiger partial charge in [0.1, 0.15) is 4.91 Å². The minimum atomic E-state index is -4.97. The largest absolute Gasteiger partial charge is 0.399 e. The summed E-state index contributed by atoms with van der Waals surface area (Å²) in [6.07, 6.45) is 1.05. The molecule has 0 spiro atoms. The van der Waals surface area contributed by atoms with Gasteiger partial charge in [-0.2, -0.15) is 35.5 Å². The van der Waals surface area contributed by atoms with Crippen LogP contribution in [-0.4, -0.2) is 50.4 Å². The van der Waals surface area contributed by atoms with Crippen molar-refractivity contribution < 1.29 is 43.7 Å². The first kappa shape index (κ1) is 37.8. The number of anilines is 2. The molecule has 0 bridgehead atoms. The van der Waals surface area contributed by atoms with Gasteiger partial charge in [-0.3, -0.25) is 23.9 Å². The molecule has 0 aromatic heterocycles. The molecule has 20 heteroatoms. The lowest BCUT2D eigenvalue weighted by molar-refractivity contribution is 0.106. The van der Waals surface area contributed by atoms with Gasteiger partial charge in [-0.05, 0) is 84.4 Å². The van der Waals surface area contributed by atoms with Gasteiger partial charge in [0.25, 0.3) is 30.4 Å². The van der Waals surface area contributed by atoms with Crippen molar-refractivity contribution in [2.75, 3.05) is 11.2 Å². The number of hydrogen-bond donors (Lipinski definition) is 5. The number of nitrogen functional groups attached to an aromatic ring is 1. The SMILES string of the molecule is Nc1ccc2c(c1)C=C(S(=O)(=O)O)/C(=N/Nc1ccc(N=Nc3ccc(N=Nc4cccc(S(=O)(=O)O)c4)c4ccccc34)c3ccc(S(=O)(=O)O)cc13)C2=O. The van der Waals surface area contributed by atoms with Crippen LogP contribution in [0.25, 0.3) is 27.6 Å². The monoisotopic (exact) mass is 811 g/mol. The zero-order chi connectivity index (χ0) is 40.0. The van der Waals surface area contributed by atoms with Gasteiger partial charge in [0, 0.05) is 32.8 Å². The van der Waals surface area contributed by atoms with Crippen LogP contribution in [0.3, 0.4) is 0 Å². The maximum Gasteiger partial charge on any atom is 0.296 e. The fourth-order valence-electron chi connectivity index (χ4n) is 5.80. The number of carbonyl (C=O) groups is 1. The smallest absolute Gasteiger partial charge is 0.296 e. The van der Waals surface area contributed by atoms with E-state index in [0.29, 0.717) is 27.5 Å². The van der Waals surface area contributed by atoms with Gasteiger partial charge in [0.15, 0.2) is 5.71 Å². The van der Waals surface area contributed by atoms with Gasteiger partial charge in [-0.25, -0.2) is 0 Å². The molecule has 0 atom stereocenters. The number of azo groups is 2. The highest BCUT2D eigenvalue weighted by atomic mass is 32.2. The molecule has 7 rings (SSSR count). The molecular weight excluding hydrogens is 787 g/mol. The second-order valence-corrected chi connectivity index (χ2v) is 16.3. The van der Waals surface area contributed by atoms with Gasteiger partial charge in [0.05, 0.1) is 38.2 Å². The van der Waals surface area contributed by atoms with E-state index in [0.717, 1.165) is 18.2 Å². The van der Waals surface area contributed by atoms with Crippen molar-refractivity contribution in [3.05, 3.63) is 125 Å². The summed E-state index contributed by atoms with van der Waals surface area (Å²) in [6.45, 7) is 0. The second-order valence-electron chi connectivity index (χ2n) is 12.1. The summed E-state index contributed by atoms with van der Waals surface area (Å²) in [4.78, 5) is 11.8. The number of hydrogen-bond acceptors (Lipinski definition) is 14. The third-order valence-electron chi connectivity index (χ3n) is 8.42. The van der Waals surface area contributed by atoms with Crippen LogP contribution in [0.4, 0.5) is 34.1 Å². The van der Waals surface area contributed by atoms with E-state index in [2.05, 4.69) is 31.0 Å². The van der Waals surface area contributed by atoms with E-state index in [-0.39, 0.29) is 44.2 Å². The average Bonchev–Trinajstić information content (AvgIpc) is 3.15. The van der Waals surface area contributed by atoms with Crippen LogP contribution in [0.2, 0.25) is 0 Å². The first-order valence-corrected chi connectivity index (χ1v) is 20.2. The zero-order valence-electron chi connectivity index (χ0n) is 28.2. The molecule has 6 N–H and O–H groups in total. The van der Waals surface area contributed by atoms with Gasteiger partial charge in [0.2, 0.25) is 5.78 Å². The van der Waals surface area contributed by atoms with Crippen molar-refractivity contribution in [1.82, 2.24) is 0 Å². The Labute approximate surface area is 317 Å². The zero-order valence-corrected chi connectivity index (χ0v) is 30.7. The third-order valence-corrected chi connectivity index (χ3v) is 11.0. The standard InChI is InChI=1S/C36H25N7O10S3/c37-21-8-10-25-20(16-21)17-34(56(51,52)53)35(36(25)44)43-42-33-15-14-32(28-11-9-24(19-29(28)33)55(48,49)50)41-40-31-13-12-30(26-6-1-2-7-27(26)31)39-38-22-4-3-5-23(18-22)54(45,46)47/h1-19,42H,37H2,(H,45,46,47)(H,48,49,50)(H,51,52,53)/b39-38?,41-40?,43-35-. The molecule has 17 nitrogen and oxygen atoms in total. The lowest BCUT2D eigenvalue weighted by atomic mass is 9.94. The van der Waals surface area contributed by atoms with Crippen LogP contribution in [-0.2, 0) is 30.4 Å². The van der Waals surface area contributed by atoms with E-state index in [9.17, 15) is 43.7 Å². The fourth-order valence-corrected chi connectivity index (χ4v) is 7.48. The van der Waals surface area contributed by atoms with E-state index >= 15 is 0 Å². The summed E-state index contributed by atoms with van der Waals surface area (Å²) in [5, 5.41) is 22.9. The molecule has 0 fully saturated rings. The summed E-state index contributed by atoms with van der Waals surface area (Å²) in [5.41, 5.74) is 9.45. The first-order valence-electron chi connectivity index (χ1n) is 15.9. The van der Waals surface area contributed by atoms with Crippen molar-refractivity contribution in [2.45, 2.75) is 9.79 Å². The number of carbonyl (C=O) groups excluding carboxylic acids is 1. The highest BCUT2D eigenvalue weighted by Crippen LogP contribution is 2.38. The number of Topliss-reactive ketones (excluding diaryl/α,β-unsaturated/α-hetero) is 1. The van der Waals surface area contributed by atoms with Crippen molar-refractivity contribution in [1.29, 1.82) is 0 Å². The Kier molecular flexibility index (Phi) is 9.62. The second kappa shape index (κ2) is 14.3. The molecule has 0 unspecified atom stereocenters. The van der Waals surface area contributed by atoms with Crippen molar-refractivity contribution in [2.24, 2.45) is 25.6 Å². The summed E-state index contributed by atoms with van der Waals surface area (Å²) >= 11 is 0. The molecular formula is C36H25N7O10S3. The molecule has 6 aromatic rings. The summed E-state index contributed by atoms with van der Waals surface area (Å²) in [7, 11) is -14.1. The van der Waals surface area contributed by atoms with E-state index in [1.807, 2.05) is 0 Å². The Morgan fingerprint density at radius 3 is 1.77 bits per heavy atom. The molecule has 0 radical (unpaired) electrons. The quantitative estimate of drug-likeness (QED) is 0.0405. The normalized spacial score (nSPS) is 14.5. The van der Waals surface area contributed by atoms with Crippen molar-refractivity contribution >= 4 is 104 Å². The number of nitrogens with two attached hydrogens (primary N) is 1. The molecule has 0 aliphatic heterocycles. The number of benzene rings is 6. The summed E-state index contributed by atoms with van der Waals surface area (Å²) in [6, 6.07) is 26.3. The molecule has 56 heavy (non-hydrogen) atoms. The number of nitrogens with zero attached hydrogens (tertiary/aromatic N) is 5. The van der Waals surface area contributed by atoms with Crippen LogP contribution in [0.1, 0.15) is 15.9 Å². The Morgan fingerprint density at radius 2 is 1.14 bits per heavy atom. The topological polar surface area (TPSA) is 280 Å². The van der Waals surface area contributed by atoms with Gasteiger partial charge < -0.3 is 5.73 Å². The lowest BCUT2D eigenvalue weighted by Gasteiger charge is -2.17. The number of allylic oxidation sites excluding steroid dienone is 1. The molecule has 6 aromatic carbocycles. The van der Waals surface area contributed by atoms with Gasteiger partial charge in [-0.15, -0.1) is 15.3 Å². The molecule has 1 aliphatic carbocycles. The Hall–Kier alpha value is -6.55. The number of ketones is 1. The van der Waals surface area contributed by atoms with E-state index in [1.165, 1.54) is 60.7 Å². The molecule has 0 heterocycles. The fraction of sp³-hybridized carbons (Fsp3) is 0. The highest BCUT2D eigenvalue weighted by Gasteiger charge is 2.33. The Balaban J connectivity index is 1.27. The molecule has 0 saturated heterocycles. The minimum Gasteiger partial charge on any atom is -0.399 e. The molecule has 1 aliphatic rings. The third kappa shape index (κ3) is 7.68. The van der Waals surface area contributed by atoms with Crippen LogP contribution in [0, 0.1) is 0 Å². The number of fused-ring (bicyclic) bond motifs is 3. The lowest BCUT2D eigenvalue weighted by Crippen LogP contribution is -2.27. The summed E-state index contributed by atoms with van der Waals surface area (Å²) < 4.78 is 101. The van der Waals surface area contributed by atoms with Crippen molar-refractivity contribution in [3.63, 3.8) is 0 Å². The number of rotatable bonds is 9. The van der Waals surface area contributed by atoms with Crippen molar-refractivity contribution in [3.8, 4) is 0 Å². The molecule has 282 valence electrons. The molecule has 0 saturated carbocycles. The number of nitrogens with one attached hydrogen (secondary N) is 1. The van der Waals surface area contributed by atoms with E-state index < -0.39 is 51.6 Å². The minimum absolute atomic E-state index is 0.0600.